The summed E-state index contributed by atoms with van der Waals surface area (Å²) in [6.45, 7) is 8.41. The van der Waals surface area contributed by atoms with Crippen LogP contribution in [0.2, 0.25) is 5.02 Å². The third-order valence-corrected chi connectivity index (χ3v) is 4.21. The van der Waals surface area contributed by atoms with Crippen molar-refractivity contribution in [2.24, 2.45) is 5.41 Å². The van der Waals surface area contributed by atoms with Gasteiger partial charge in [-0.15, -0.1) is 5.06 Å². The Hall–Kier alpha value is -1.79. The number of anilines is 1. The standard InChI is InChI=1S/C16H21ClN4O2/c1-16(2,3)15(22)23-21-8-6-20(7-9-21)12-10-19-13-11(17)4-5-18-14(12)13/h4-5,10,19H,6-9H2,1-3H3. The van der Waals surface area contributed by atoms with Crippen molar-refractivity contribution in [2.45, 2.75) is 20.8 Å². The smallest absolute Gasteiger partial charge is 0.330 e. The predicted octanol–water partition coefficient (Wildman–Crippen LogP) is 2.84. The van der Waals surface area contributed by atoms with Crippen molar-refractivity contribution in [3.63, 3.8) is 0 Å². The van der Waals surface area contributed by atoms with Gasteiger partial charge in [-0.25, -0.2) is 4.79 Å². The number of rotatable bonds is 2. The second-order valence-corrected chi connectivity index (χ2v) is 7.14. The number of nitrogens with one attached hydrogen (secondary N) is 1. The Morgan fingerprint density at radius 2 is 2.00 bits per heavy atom. The van der Waals surface area contributed by atoms with Gasteiger partial charge in [-0.3, -0.25) is 4.98 Å². The van der Waals surface area contributed by atoms with E-state index in [1.807, 2.05) is 27.0 Å². The average Bonchev–Trinajstić information content (AvgIpc) is 2.92. The summed E-state index contributed by atoms with van der Waals surface area (Å²) in [7, 11) is 0. The monoisotopic (exact) mass is 336 g/mol. The van der Waals surface area contributed by atoms with E-state index in [4.69, 9.17) is 16.4 Å². The summed E-state index contributed by atoms with van der Waals surface area (Å²) >= 11 is 6.18. The zero-order valence-corrected chi connectivity index (χ0v) is 14.4. The van der Waals surface area contributed by atoms with Gasteiger partial charge in [0.1, 0.15) is 5.52 Å². The number of aromatic nitrogens is 2. The molecule has 2 aromatic heterocycles. The molecule has 1 fully saturated rings. The number of halogens is 1. The maximum absolute atomic E-state index is 11.9. The Balaban J connectivity index is 1.67. The Morgan fingerprint density at radius 1 is 1.30 bits per heavy atom. The molecule has 3 rings (SSSR count). The second kappa shape index (κ2) is 6.02. The molecule has 7 heteroatoms. The summed E-state index contributed by atoms with van der Waals surface area (Å²) in [5.74, 6) is -0.202. The molecule has 6 nitrogen and oxygen atoms in total. The lowest BCUT2D eigenvalue weighted by atomic mass is 9.98. The first-order valence-corrected chi connectivity index (χ1v) is 8.08. The molecule has 1 aliphatic rings. The number of nitrogens with zero attached hydrogens (tertiary/aromatic N) is 3. The lowest BCUT2D eigenvalue weighted by Crippen LogP contribution is -2.48. The van der Waals surface area contributed by atoms with Crippen LogP contribution >= 0.6 is 11.6 Å². The van der Waals surface area contributed by atoms with Gasteiger partial charge in [0.05, 0.1) is 34.7 Å². The molecule has 0 spiro atoms. The molecule has 1 aliphatic heterocycles. The molecule has 2 aromatic rings. The van der Waals surface area contributed by atoms with E-state index in [-0.39, 0.29) is 5.97 Å². The van der Waals surface area contributed by atoms with Gasteiger partial charge in [0.15, 0.2) is 0 Å². The van der Waals surface area contributed by atoms with Gasteiger partial charge < -0.3 is 14.7 Å². The Morgan fingerprint density at radius 3 is 2.65 bits per heavy atom. The molecule has 0 bridgehead atoms. The Kier molecular flexibility index (Phi) is 4.21. The molecule has 3 heterocycles. The summed E-state index contributed by atoms with van der Waals surface area (Å²) in [4.78, 5) is 27.2. The summed E-state index contributed by atoms with van der Waals surface area (Å²) in [6.07, 6.45) is 3.64. The Bertz CT molecular complexity index is 714. The molecular formula is C16H21ClN4O2. The molecule has 0 unspecified atom stereocenters. The predicted molar refractivity (Wildman–Crippen MR) is 90.4 cm³/mol. The highest BCUT2D eigenvalue weighted by Crippen LogP contribution is 2.29. The van der Waals surface area contributed by atoms with Crippen LogP contribution < -0.4 is 4.90 Å². The highest BCUT2D eigenvalue weighted by molar-refractivity contribution is 6.35. The fourth-order valence-electron chi connectivity index (χ4n) is 2.49. The van der Waals surface area contributed by atoms with Crippen molar-refractivity contribution in [2.75, 3.05) is 31.1 Å². The molecule has 0 aliphatic carbocycles. The van der Waals surface area contributed by atoms with Crippen LogP contribution in [0.5, 0.6) is 0 Å². The maximum atomic E-state index is 11.9. The molecule has 0 aromatic carbocycles. The van der Waals surface area contributed by atoms with Crippen LogP contribution in [0, 0.1) is 5.41 Å². The van der Waals surface area contributed by atoms with E-state index in [1.165, 1.54) is 0 Å². The zero-order valence-electron chi connectivity index (χ0n) is 13.6. The minimum Gasteiger partial charge on any atom is -0.367 e. The van der Waals surface area contributed by atoms with Gasteiger partial charge in [0.2, 0.25) is 0 Å². The summed E-state index contributed by atoms with van der Waals surface area (Å²) < 4.78 is 0. The van der Waals surface area contributed by atoms with E-state index < -0.39 is 5.41 Å². The van der Waals surface area contributed by atoms with Crippen molar-refractivity contribution in [1.82, 2.24) is 15.0 Å². The lowest BCUT2D eigenvalue weighted by Gasteiger charge is -2.35. The van der Waals surface area contributed by atoms with E-state index in [0.29, 0.717) is 18.1 Å². The van der Waals surface area contributed by atoms with E-state index in [9.17, 15) is 4.79 Å². The van der Waals surface area contributed by atoms with Crippen LogP contribution in [-0.2, 0) is 9.63 Å². The first-order chi connectivity index (χ1) is 10.9. The minimum absolute atomic E-state index is 0.202. The molecule has 0 saturated carbocycles. The number of aromatic amines is 1. The molecule has 23 heavy (non-hydrogen) atoms. The van der Waals surface area contributed by atoms with E-state index in [2.05, 4.69) is 14.9 Å². The highest BCUT2D eigenvalue weighted by atomic mass is 35.5. The van der Waals surface area contributed by atoms with Crippen LogP contribution in [-0.4, -0.2) is 47.2 Å². The fraction of sp³-hybridized carbons (Fsp3) is 0.500. The lowest BCUT2D eigenvalue weighted by molar-refractivity contribution is -0.201. The van der Waals surface area contributed by atoms with Gasteiger partial charge >= 0.3 is 5.97 Å². The van der Waals surface area contributed by atoms with Crippen LogP contribution in [0.15, 0.2) is 18.5 Å². The van der Waals surface area contributed by atoms with Gasteiger partial charge in [0.25, 0.3) is 0 Å². The van der Waals surface area contributed by atoms with Crippen molar-refractivity contribution >= 4 is 34.3 Å². The SMILES string of the molecule is CC(C)(C)C(=O)ON1CCN(c2c[nH]c3c(Cl)ccnc23)CC1. The number of carbonyl (C=O) groups is 1. The Labute approximate surface area is 140 Å². The first kappa shape index (κ1) is 16.1. The summed E-state index contributed by atoms with van der Waals surface area (Å²) in [5, 5.41) is 2.40. The number of piperazine rings is 1. The number of hydroxylamine groups is 2. The van der Waals surface area contributed by atoms with Gasteiger partial charge in [-0.1, -0.05) is 11.6 Å². The normalized spacial score (nSPS) is 16.8. The molecule has 1 N–H and O–H groups in total. The number of hydrogen-bond donors (Lipinski definition) is 1. The van der Waals surface area contributed by atoms with Crippen molar-refractivity contribution < 1.29 is 9.63 Å². The largest absolute Gasteiger partial charge is 0.367 e. The summed E-state index contributed by atoms with van der Waals surface area (Å²) in [5.41, 5.74) is 2.27. The third kappa shape index (κ3) is 3.28. The maximum Gasteiger partial charge on any atom is 0.330 e. The third-order valence-electron chi connectivity index (χ3n) is 3.90. The van der Waals surface area contributed by atoms with Gasteiger partial charge in [-0.05, 0) is 26.8 Å². The van der Waals surface area contributed by atoms with Crippen LogP contribution in [0.1, 0.15) is 20.8 Å². The van der Waals surface area contributed by atoms with E-state index >= 15 is 0 Å². The zero-order chi connectivity index (χ0) is 16.6. The van der Waals surface area contributed by atoms with Gasteiger partial charge in [0, 0.05) is 25.5 Å². The van der Waals surface area contributed by atoms with Crippen LogP contribution in [0.3, 0.4) is 0 Å². The van der Waals surface area contributed by atoms with Crippen LogP contribution in [0.4, 0.5) is 5.69 Å². The molecular weight excluding hydrogens is 316 g/mol. The van der Waals surface area contributed by atoms with Crippen LogP contribution in [0.25, 0.3) is 11.0 Å². The van der Waals surface area contributed by atoms with Gasteiger partial charge in [-0.2, -0.15) is 0 Å². The molecule has 0 atom stereocenters. The second-order valence-electron chi connectivity index (χ2n) is 6.74. The number of pyridine rings is 1. The average molecular weight is 337 g/mol. The molecule has 0 radical (unpaired) electrons. The fourth-order valence-corrected chi connectivity index (χ4v) is 2.69. The van der Waals surface area contributed by atoms with Crippen molar-refractivity contribution in [3.8, 4) is 0 Å². The number of hydrogen-bond acceptors (Lipinski definition) is 5. The quantitative estimate of drug-likeness (QED) is 0.913. The van der Waals surface area contributed by atoms with E-state index in [1.54, 1.807) is 17.3 Å². The van der Waals surface area contributed by atoms with E-state index in [0.717, 1.165) is 29.8 Å². The summed E-state index contributed by atoms with van der Waals surface area (Å²) in [6, 6.07) is 1.77. The molecule has 124 valence electrons. The van der Waals surface area contributed by atoms with Crippen molar-refractivity contribution in [1.29, 1.82) is 0 Å². The molecule has 1 saturated heterocycles. The topological polar surface area (TPSA) is 61.5 Å². The number of fused-ring (bicyclic) bond motifs is 1. The molecule has 0 amide bonds. The highest BCUT2D eigenvalue weighted by Gasteiger charge is 2.28. The number of H-pyrrole nitrogens is 1. The minimum atomic E-state index is -0.491. The first-order valence-electron chi connectivity index (χ1n) is 7.70. The van der Waals surface area contributed by atoms with Crippen molar-refractivity contribution in [3.05, 3.63) is 23.5 Å². The number of carbonyl (C=O) groups excluding carboxylic acids is 1.